The molecule has 1 heterocycles. The van der Waals surface area contributed by atoms with E-state index < -0.39 is 5.60 Å². The van der Waals surface area contributed by atoms with Crippen LogP contribution in [0, 0.1) is 5.82 Å². The lowest BCUT2D eigenvalue weighted by Crippen LogP contribution is -2.23. The highest BCUT2D eigenvalue weighted by molar-refractivity contribution is 6.32. The van der Waals surface area contributed by atoms with Gasteiger partial charge in [-0.15, -0.1) is 0 Å². The molecular formula is C18H23ClFN3O2. The van der Waals surface area contributed by atoms with E-state index in [2.05, 4.69) is 15.3 Å². The molecular weight excluding hydrogens is 345 g/mol. The maximum absolute atomic E-state index is 13.3. The van der Waals surface area contributed by atoms with Crippen molar-refractivity contribution in [1.29, 1.82) is 0 Å². The van der Waals surface area contributed by atoms with Gasteiger partial charge in [0, 0.05) is 19.0 Å². The predicted octanol–water partition coefficient (Wildman–Crippen LogP) is 4.74. The molecule has 0 saturated carbocycles. The van der Waals surface area contributed by atoms with Gasteiger partial charge < -0.3 is 10.1 Å². The lowest BCUT2D eigenvalue weighted by atomic mass is 10.1. The number of fused-ring (bicyclic) bond motifs is 1. The number of unbranched alkanes of at least 4 members (excludes halogenated alkanes) is 2. The van der Waals surface area contributed by atoms with Gasteiger partial charge in [-0.2, -0.15) is 0 Å². The molecule has 0 atom stereocenters. The number of hydrogen-bond donors (Lipinski definition) is 1. The number of carbonyl (C=O) groups is 1. The molecule has 1 aromatic carbocycles. The molecule has 0 unspecified atom stereocenters. The second-order valence-electron chi connectivity index (χ2n) is 6.82. The first-order valence-electron chi connectivity index (χ1n) is 8.33. The Hall–Kier alpha value is -1.95. The number of esters is 1. The zero-order valence-corrected chi connectivity index (χ0v) is 15.5. The van der Waals surface area contributed by atoms with Crippen molar-refractivity contribution in [1.82, 2.24) is 9.97 Å². The molecule has 0 amide bonds. The Morgan fingerprint density at radius 2 is 1.96 bits per heavy atom. The number of rotatable bonds is 7. The topological polar surface area (TPSA) is 64.1 Å². The van der Waals surface area contributed by atoms with Gasteiger partial charge in [0.15, 0.2) is 11.0 Å². The summed E-state index contributed by atoms with van der Waals surface area (Å²) in [4.78, 5) is 20.1. The van der Waals surface area contributed by atoms with Crippen molar-refractivity contribution in [2.24, 2.45) is 0 Å². The fourth-order valence-electron chi connectivity index (χ4n) is 2.29. The van der Waals surface area contributed by atoms with Crippen LogP contribution in [-0.4, -0.2) is 28.1 Å². The lowest BCUT2D eigenvalue weighted by Gasteiger charge is -2.19. The van der Waals surface area contributed by atoms with Gasteiger partial charge in [0.2, 0.25) is 0 Å². The van der Waals surface area contributed by atoms with Crippen molar-refractivity contribution in [2.75, 3.05) is 11.9 Å². The Labute approximate surface area is 151 Å². The van der Waals surface area contributed by atoms with Crippen molar-refractivity contribution < 1.29 is 13.9 Å². The largest absolute Gasteiger partial charge is 0.460 e. The number of ether oxygens (including phenoxy) is 1. The van der Waals surface area contributed by atoms with E-state index in [1.807, 2.05) is 20.8 Å². The zero-order valence-electron chi connectivity index (χ0n) is 14.7. The summed E-state index contributed by atoms with van der Waals surface area (Å²) in [5.74, 6) is -0.102. The third kappa shape index (κ3) is 6.46. The Morgan fingerprint density at radius 1 is 1.20 bits per heavy atom. The van der Waals surface area contributed by atoms with Crippen molar-refractivity contribution >= 4 is 34.4 Å². The number of nitrogens with zero attached hydrogens (tertiary/aromatic N) is 2. The van der Waals surface area contributed by atoms with Crippen LogP contribution < -0.4 is 5.32 Å². The third-order valence-electron chi connectivity index (χ3n) is 3.35. The number of hydrogen-bond acceptors (Lipinski definition) is 5. The standard InChI is InChI=1S/C18H23ClFN3O2/c1-18(2,3)25-15(24)7-5-4-6-10-21-17-16(19)22-13-9-8-12(20)11-14(13)23-17/h8-9,11H,4-7,10H2,1-3H3,(H,21,23). The third-order valence-corrected chi connectivity index (χ3v) is 3.62. The van der Waals surface area contributed by atoms with Crippen LogP contribution in [0.2, 0.25) is 5.15 Å². The minimum Gasteiger partial charge on any atom is -0.460 e. The van der Waals surface area contributed by atoms with E-state index in [1.165, 1.54) is 12.1 Å². The molecule has 25 heavy (non-hydrogen) atoms. The SMILES string of the molecule is CC(C)(C)OC(=O)CCCCCNc1nc2cc(F)ccc2nc1Cl. The van der Waals surface area contributed by atoms with E-state index in [-0.39, 0.29) is 16.9 Å². The zero-order chi connectivity index (χ0) is 18.4. The highest BCUT2D eigenvalue weighted by Gasteiger charge is 2.15. The minimum absolute atomic E-state index is 0.175. The average molecular weight is 368 g/mol. The fraction of sp³-hybridized carbons (Fsp3) is 0.500. The highest BCUT2D eigenvalue weighted by Crippen LogP contribution is 2.22. The summed E-state index contributed by atoms with van der Waals surface area (Å²) in [5.41, 5.74) is 0.565. The van der Waals surface area contributed by atoms with Crippen LogP contribution in [0.4, 0.5) is 10.2 Å². The first-order chi connectivity index (χ1) is 11.7. The van der Waals surface area contributed by atoms with Gasteiger partial charge in [-0.05, 0) is 45.7 Å². The van der Waals surface area contributed by atoms with Gasteiger partial charge in [-0.1, -0.05) is 18.0 Å². The molecule has 1 N–H and O–H groups in total. The van der Waals surface area contributed by atoms with E-state index >= 15 is 0 Å². The van der Waals surface area contributed by atoms with E-state index in [9.17, 15) is 9.18 Å². The van der Waals surface area contributed by atoms with Gasteiger partial charge >= 0.3 is 5.97 Å². The molecule has 0 aliphatic rings. The van der Waals surface area contributed by atoms with E-state index in [4.69, 9.17) is 16.3 Å². The Morgan fingerprint density at radius 3 is 2.68 bits per heavy atom. The first kappa shape index (κ1) is 19.4. The van der Waals surface area contributed by atoms with Gasteiger partial charge in [-0.25, -0.2) is 14.4 Å². The fourth-order valence-corrected chi connectivity index (χ4v) is 2.49. The van der Waals surface area contributed by atoms with Crippen LogP contribution in [0.5, 0.6) is 0 Å². The summed E-state index contributed by atoms with van der Waals surface area (Å²) >= 11 is 6.10. The summed E-state index contributed by atoms with van der Waals surface area (Å²) in [6.07, 6.45) is 2.90. The molecule has 0 aliphatic carbocycles. The molecule has 7 heteroatoms. The van der Waals surface area contributed by atoms with Crippen LogP contribution >= 0.6 is 11.6 Å². The molecule has 0 saturated heterocycles. The van der Waals surface area contributed by atoms with Crippen molar-refractivity contribution in [3.05, 3.63) is 29.2 Å². The number of nitrogens with one attached hydrogen (secondary N) is 1. The van der Waals surface area contributed by atoms with Crippen molar-refractivity contribution in [3.8, 4) is 0 Å². The van der Waals surface area contributed by atoms with E-state index in [0.29, 0.717) is 29.8 Å². The van der Waals surface area contributed by atoms with Crippen LogP contribution in [-0.2, 0) is 9.53 Å². The Bertz CT molecular complexity index is 747. The number of benzene rings is 1. The second kappa shape index (κ2) is 8.43. The maximum atomic E-state index is 13.3. The average Bonchev–Trinajstić information content (AvgIpc) is 2.49. The Balaban J connectivity index is 1.76. The van der Waals surface area contributed by atoms with Crippen molar-refractivity contribution in [3.63, 3.8) is 0 Å². The number of halogens is 2. The summed E-state index contributed by atoms with van der Waals surface area (Å²) in [5, 5.41) is 3.36. The molecule has 0 bridgehead atoms. The van der Waals surface area contributed by atoms with Crippen LogP contribution in [0.15, 0.2) is 18.2 Å². The molecule has 1 aromatic heterocycles. The summed E-state index contributed by atoms with van der Waals surface area (Å²) in [6.45, 7) is 6.21. The Kier molecular flexibility index (Phi) is 6.53. The summed E-state index contributed by atoms with van der Waals surface area (Å²) < 4.78 is 18.5. The molecule has 2 rings (SSSR count). The quantitative estimate of drug-likeness (QED) is 0.565. The van der Waals surface area contributed by atoms with E-state index in [0.717, 1.165) is 19.3 Å². The monoisotopic (exact) mass is 367 g/mol. The van der Waals surface area contributed by atoms with Gasteiger partial charge in [-0.3, -0.25) is 4.79 Å². The van der Waals surface area contributed by atoms with Gasteiger partial charge in [0.25, 0.3) is 0 Å². The van der Waals surface area contributed by atoms with Gasteiger partial charge in [0.1, 0.15) is 11.4 Å². The molecule has 0 radical (unpaired) electrons. The number of carbonyl (C=O) groups excluding carboxylic acids is 1. The first-order valence-corrected chi connectivity index (χ1v) is 8.71. The van der Waals surface area contributed by atoms with E-state index in [1.54, 1.807) is 6.07 Å². The minimum atomic E-state index is -0.441. The maximum Gasteiger partial charge on any atom is 0.306 e. The molecule has 136 valence electrons. The number of anilines is 1. The lowest BCUT2D eigenvalue weighted by molar-refractivity contribution is -0.154. The molecule has 0 spiro atoms. The molecule has 0 fully saturated rings. The summed E-state index contributed by atoms with van der Waals surface area (Å²) in [7, 11) is 0. The molecule has 2 aromatic rings. The van der Waals surface area contributed by atoms with Crippen LogP contribution in [0.3, 0.4) is 0 Å². The summed E-state index contributed by atoms with van der Waals surface area (Å²) in [6, 6.07) is 4.19. The highest BCUT2D eigenvalue weighted by atomic mass is 35.5. The normalized spacial score (nSPS) is 11.6. The van der Waals surface area contributed by atoms with Crippen molar-refractivity contribution in [2.45, 2.75) is 52.1 Å². The predicted molar refractivity (Wildman–Crippen MR) is 97.3 cm³/mol. The second-order valence-corrected chi connectivity index (χ2v) is 7.18. The van der Waals surface area contributed by atoms with Crippen LogP contribution in [0.1, 0.15) is 46.5 Å². The molecule has 5 nitrogen and oxygen atoms in total. The van der Waals surface area contributed by atoms with Crippen LogP contribution in [0.25, 0.3) is 11.0 Å². The van der Waals surface area contributed by atoms with Gasteiger partial charge in [0.05, 0.1) is 11.0 Å². The molecule has 0 aliphatic heterocycles. The number of aromatic nitrogens is 2. The smallest absolute Gasteiger partial charge is 0.306 e.